The third-order valence-electron chi connectivity index (χ3n) is 5.99. The van der Waals surface area contributed by atoms with Crippen LogP contribution in [0.2, 0.25) is 0 Å². The fourth-order valence-electron chi connectivity index (χ4n) is 4.32. The van der Waals surface area contributed by atoms with E-state index >= 15 is 0 Å². The van der Waals surface area contributed by atoms with Crippen molar-refractivity contribution < 1.29 is 9.47 Å². The molecule has 0 radical (unpaired) electrons. The lowest BCUT2D eigenvalue weighted by Gasteiger charge is -2.37. The molecule has 7 nitrogen and oxygen atoms in total. The SMILES string of the molecule is CCNC(=NCCCc1cn(-c2ccccc2)nc1C)N1CCOC(C2CCCO2)C1. The van der Waals surface area contributed by atoms with Crippen LogP contribution in [0.1, 0.15) is 37.4 Å². The largest absolute Gasteiger partial charge is 0.375 e. The van der Waals surface area contributed by atoms with E-state index in [2.05, 4.69) is 47.5 Å². The Morgan fingerprint density at radius 1 is 1.19 bits per heavy atom. The fourth-order valence-corrected chi connectivity index (χ4v) is 4.32. The Bertz CT molecular complexity index is 845. The minimum Gasteiger partial charge on any atom is -0.375 e. The van der Waals surface area contributed by atoms with E-state index in [0.717, 1.165) is 82.4 Å². The summed E-state index contributed by atoms with van der Waals surface area (Å²) < 4.78 is 13.8. The van der Waals surface area contributed by atoms with Gasteiger partial charge in [0.1, 0.15) is 6.10 Å². The molecule has 1 aromatic heterocycles. The highest BCUT2D eigenvalue weighted by molar-refractivity contribution is 5.80. The van der Waals surface area contributed by atoms with Crippen LogP contribution in [-0.2, 0) is 15.9 Å². The van der Waals surface area contributed by atoms with E-state index in [1.54, 1.807) is 0 Å². The maximum Gasteiger partial charge on any atom is 0.194 e. The summed E-state index contributed by atoms with van der Waals surface area (Å²) in [4.78, 5) is 7.25. The number of morpholine rings is 1. The van der Waals surface area contributed by atoms with Crippen LogP contribution in [0.4, 0.5) is 0 Å². The van der Waals surface area contributed by atoms with Crippen LogP contribution in [0.5, 0.6) is 0 Å². The first kappa shape index (κ1) is 21.8. The molecule has 31 heavy (non-hydrogen) atoms. The molecule has 2 unspecified atom stereocenters. The normalized spacial score (nSPS) is 22.1. The van der Waals surface area contributed by atoms with Gasteiger partial charge in [0.15, 0.2) is 5.96 Å². The molecule has 1 aromatic carbocycles. The van der Waals surface area contributed by atoms with Crippen LogP contribution in [0.15, 0.2) is 41.5 Å². The number of ether oxygens (including phenoxy) is 2. The van der Waals surface area contributed by atoms with Gasteiger partial charge in [-0.05, 0) is 57.2 Å². The average Bonchev–Trinajstić information content (AvgIpc) is 3.47. The third kappa shape index (κ3) is 5.66. The molecule has 1 N–H and O–H groups in total. The van der Waals surface area contributed by atoms with Gasteiger partial charge in [0.05, 0.1) is 24.1 Å². The summed E-state index contributed by atoms with van der Waals surface area (Å²) in [6, 6.07) is 10.3. The van der Waals surface area contributed by atoms with Gasteiger partial charge in [-0.15, -0.1) is 0 Å². The topological polar surface area (TPSA) is 63.9 Å². The van der Waals surface area contributed by atoms with Gasteiger partial charge in [0.2, 0.25) is 0 Å². The molecule has 3 heterocycles. The summed E-state index contributed by atoms with van der Waals surface area (Å²) in [6.45, 7) is 9.17. The zero-order valence-corrected chi connectivity index (χ0v) is 18.8. The number of hydrogen-bond acceptors (Lipinski definition) is 4. The quantitative estimate of drug-likeness (QED) is 0.420. The average molecular weight is 426 g/mol. The lowest BCUT2D eigenvalue weighted by Crippen LogP contribution is -2.53. The molecule has 2 aliphatic heterocycles. The summed E-state index contributed by atoms with van der Waals surface area (Å²) in [5.74, 6) is 0.991. The van der Waals surface area contributed by atoms with E-state index in [0.29, 0.717) is 0 Å². The molecule has 4 rings (SSSR count). The predicted octanol–water partition coefficient (Wildman–Crippen LogP) is 2.96. The number of aliphatic imine (C=N–C) groups is 1. The van der Waals surface area contributed by atoms with Crippen LogP contribution < -0.4 is 5.32 Å². The summed E-state index contributed by atoms with van der Waals surface area (Å²) in [7, 11) is 0. The lowest BCUT2D eigenvalue weighted by atomic mass is 10.1. The van der Waals surface area contributed by atoms with Gasteiger partial charge in [-0.3, -0.25) is 4.99 Å². The Labute approximate surface area is 185 Å². The third-order valence-corrected chi connectivity index (χ3v) is 5.99. The lowest BCUT2D eigenvalue weighted by molar-refractivity contribution is -0.0817. The first-order chi connectivity index (χ1) is 15.2. The second-order valence-electron chi connectivity index (χ2n) is 8.27. The predicted molar refractivity (Wildman–Crippen MR) is 123 cm³/mol. The van der Waals surface area contributed by atoms with E-state index in [-0.39, 0.29) is 12.2 Å². The molecule has 2 fully saturated rings. The van der Waals surface area contributed by atoms with E-state index in [1.165, 1.54) is 5.56 Å². The number of nitrogens with zero attached hydrogens (tertiary/aromatic N) is 4. The number of aromatic nitrogens is 2. The highest BCUT2D eigenvalue weighted by atomic mass is 16.5. The number of guanidine groups is 1. The Morgan fingerprint density at radius 3 is 2.81 bits per heavy atom. The van der Waals surface area contributed by atoms with Crippen molar-refractivity contribution in [3.05, 3.63) is 47.8 Å². The molecule has 0 spiro atoms. The molecular weight excluding hydrogens is 390 g/mol. The number of aryl methyl sites for hydroxylation is 2. The second-order valence-corrected chi connectivity index (χ2v) is 8.27. The number of nitrogens with one attached hydrogen (secondary N) is 1. The van der Waals surface area contributed by atoms with Gasteiger partial charge < -0.3 is 19.7 Å². The highest BCUT2D eigenvalue weighted by Gasteiger charge is 2.32. The smallest absolute Gasteiger partial charge is 0.194 e. The van der Waals surface area contributed by atoms with Crippen molar-refractivity contribution in [2.45, 2.75) is 51.7 Å². The van der Waals surface area contributed by atoms with Crippen molar-refractivity contribution in [1.82, 2.24) is 20.0 Å². The van der Waals surface area contributed by atoms with Crippen molar-refractivity contribution in [3.8, 4) is 5.69 Å². The van der Waals surface area contributed by atoms with Crippen LogP contribution in [0.25, 0.3) is 5.69 Å². The van der Waals surface area contributed by atoms with E-state index in [1.807, 2.05) is 22.9 Å². The molecule has 0 saturated carbocycles. The summed E-state index contributed by atoms with van der Waals surface area (Å²) >= 11 is 0. The monoisotopic (exact) mass is 425 g/mol. The molecular formula is C24H35N5O2. The van der Waals surface area contributed by atoms with E-state index in [4.69, 9.17) is 14.5 Å². The van der Waals surface area contributed by atoms with Crippen molar-refractivity contribution >= 4 is 5.96 Å². The van der Waals surface area contributed by atoms with Gasteiger partial charge in [-0.1, -0.05) is 18.2 Å². The number of para-hydroxylation sites is 1. The first-order valence-corrected chi connectivity index (χ1v) is 11.6. The molecule has 0 amide bonds. The van der Waals surface area contributed by atoms with Crippen LogP contribution in [0, 0.1) is 6.92 Å². The Hall–Kier alpha value is -2.38. The molecule has 168 valence electrons. The number of rotatable bonds is 7. The minimum absolute atomic E-state index is 0.145. The summed E-state index contributed by atoms with van der Waals surface area (Å²) in [5, 5.41) is 8.14. The molecule has 2 atom stereocenters. The number of hydrogen-bond donors (Lipinski definition) is 1. The molecule has 2 aliphatic rings. The van der Waals surface area contributed by atoms with Crippen molar-refractivity contribution in [3.63, 3.8) is 0 Å². The molecule has 2 saturated heterocycles. The van der Waals surface area contributed by atoms with Crippen LogP contribution in [0.3, 0.4) is 0 Å². The highest BCUT2D eigenvalue weighted by Crippen LogP contribution is 2.21. The Morgan fingerprint density at radius 2 is 2.03 bits per heavy atom. The first-order valence-electron chi connectivity index (χ1n) is 11.6. The molecule has 0 aliphatic carbocycles. The number of benzene rings is 1. The molecule has 2 aromatic rings. The van der Waals surface area contributed by atoms with Gasteiger partial charge >= 0.3 is 0 Å². The van der Waals surface area contributed by atoms with Crippen LogP contribution in [-0.4, -0.2) is 72.2 Å². The standard InChI is InChI=1S/C24H35N5O2/c1-3-25-24(28-14-16-31-23(18-28)22-12-8-15-30-22)26-13-7-9-20-17-29(27-19(20)2)21-10-5-4-6-11-21/h4-6,10-11,17,22-23H,3,7-9,12-16,18H2,1-2H3,(H,25,26). The van der Waals surface area contributed by atoms with Gasteiger partial charge in [-0.2, -0.15) is 5.10 Å². The van der Waals surface area contributed by atoms with Crippen molar-refractivity contribution in [2.24, 2.45) is 4.99 Å². The minimum atomic E-state index is 0.145. The van der Waals surface area contributed by atoms with Crippen molar-refractivity contribution in [2.75, 3.05) is 39.4 Å². The maximum absolute atomic E-state index is 6.00. The summed E-state index contributed by atoms with van der Waals surface area (Å²) in [6.07, 6.45) is 6.73. The van der Waals surface area contributed by atoms with Crippen LogP contribution >= 0.6 is 0 Å². The fraction of sp³-hybridized carbons (Fsp3) is 0.583. The zero-order chi connectivity index (χ0) is 21.5. The summed E-state index contributed by atoms with van der Waals surface area (Å²) in [5.41, 5.74) is 3.47. The molecule has 7 heteroatoms. The zero-order valence-electron chi connectivity index (χ0n) is 18.8. The van der Waals surface area contributed by atoms with Crippen molar-refractivity contribution in [1.29, 1.82) is 0 Å². The maximum atomic E-state index is 6.00. The van der Waals surface area contributed by atoms with Gasteiger partial charge in [-0.25, -0.2) is 4.68 Å². The molecule has 0 bridgehead atoms. The second kappa shape index (κ2) is 10.8. The van der Waals surface area contributed by atoms with E-state index < -0.39 is 0 Å². The van der Waals surface area contributed by atoms with E-state index in [9.17, 15) is 0 Å². The Balaban J connectivity index is 1.32. The van der Waals surface area contributed by atoms with Gasteiger partial charge in [0, 0.05) is 39.0 Å². The Kier molecular flexibility index (Phi) is 7.59. The van der Waals surface area contributed by atoms with Gasteiger partial charge in [0.25, 0.3) is 0 Å².